The zero-order valence-corrected chi connectivity index (χ0v) is 23.7. The van der Waals surface area contributed by atoms with Crippen molar-refractivity contribution in [3.8, 4) is 17.6 Å². The highest BCUT2D eigenvalue weighted by Gasteiger charge is 2.20. The van der Waals surface area contributed by atoms with E-state index in [1.165, 1.54) is 32.4 Å². The van der Waals surface area contributed by atoms with E-state index in [0.717, 1.165) is 35.4 Å². The van der Waals surface area contributed by atoms with Gasteiger partial charge in [0.05, 0.1) is 42.9 Å². The minimum Gasteiger partial charge on any atom is -0.490 e. The summed E-state index contributed by atoms with van der Waals surface area (Å²) in [5.74, 6) is 7.93. The number of nitrogens with zero attached hydrogens (tertiary/aromatic N) is 5. The van der Waals surface area contributed by atoms with Crippen LogP contribution in [0.4, 0.5) is 0 Å². The molecule has 3 aromatic heterocycles. The number of piperidine rings is 1. The van der Waals surface area contributed by atoms with Crippen LogP contribution >= 0.6 is 0 Å². The van der Waals surface area contributed by atoms with Gasteiger partial charge in [-0.15, -0.1) is 0 Å². The number of fused-ring (bicyclic) bond motifs is 1. The van der Waals surface area contributed by atoms with Gasteiger partial charge in [-0.25, -0.2) is 9.50 Å². The second-order valence-electron chi connectivity index (χ2n) is 11.5. The van der Waals surface area contributed by atoms with Crippen LogP contribution in [0.25, 0.3) is 5.65 Å². The lowest BCUT2D eigenvalue weighted by atomic mass is 9.93. The molecule has 1 saturated heterocycles. The van der Waals surface area contributed by atoms with Gasteiger partial charge in [0.2, 0.25) is 0 Å². The van der Waals surface area contributed by atoms with E-state index in [9.17, 15) is 4.79 Å². The summed E-state index contributed by atoms with van der Waals surface area (Å²) in [6.45, 7) is 10.3. The fraction of sp³-hybridized carbons (Fsp3) is 0.438. The Morgan fingerprint density at radius 1 is 1.05 bits per heavy atom. The van der Waals surface area contributed by atoms with Gasteiger partial charge >= 0.3 is 0 Å². The fourth-order valence-electron chi connectivity index (χ4n) is 4.77. The molecule has 1 aliphatic rings. The van der Waals surface area contributed by atoms with Crippen LogP contribution in [0.15, 0.2) is 53.4 Å². The van der Waals surface area contributed by atoms with Crippen LogP contribution in [0.2, 0.25) is 0 Å². The molecule has 1 fully saturated rings. The van der Waals surface area contributed by atoms with Crippen LogP contribution in [-0.2, 0) is 23.1 Å². The number of carbonyl (C=O) groups is 1. The van der Waals surface area contributed by atoms with E-state index in [1.54, 1.807) is 16.9 Å². The molecule has 1 aliphatic heterocycles. The van der Waals surface area contributed by atoms with Crippen LogP contribution in [0.3, 0.4) is 0 Å². The molecule has 0 N–H and O–H groups in total. The highest BCUT2D eigenvalue weighted by Crippen LogP contribution is 2.23. The zero-order chi connectivity index (χ0) is 28.0. The maximum Gasteiger partial charge on any atom is 0.171 e. The van der Waals surface area contributed by atoms with Crippen molar-refractivity contribution < 1.29 is 14.1 Å². The number of aromatic nitrogens is 4. The van der Waals surface area contributed by atoms with Crippen LogP contribution in [0.5, 0.6) is 5.75 Å². The number of hydrogen-bond acceptors (Lipinski definition) is 7. The molecular formula is C32H37N5O3. The van der Waals surface area contributed by atoms with E-state index in [4.69, 9.17) is 9.26 Å². The lowest BCUT2D eigenvalue weighted by Crippen LogP contribution is -2.31. The summed E-state index contributed by atoms with van der Waals surface area (Å²) >= 11 is 0. The molecule has 0 atom stereocenters. The van der Waals surface area contributed by atoms with Crippen molar-refractivity contribution in [3.63, 3.8) is 0 Å². The Morgan fingerprint density at radius 2 is 1.85 bits per heavy atom. The van der Waals surface area contributed by atoms with Gasteiger partial charge in [-0.05, 0) is 50.0 Å². The number of Topliss-reactive ketones (excluding diaryl/α,β-unsaturated/α-hetero) is 1. The smallest absolute Gasteiger partial charge is 0.171 e. The van der Waals surface area contributed by atoms with Crippen molar-refractivity contribution in [1.29, 1.82) is 0 Å². The largest absolute Gasteiger partial charge is 0.490 e. The summed E-state index contributed by atoms with van der Waals surface area (Å²) in [6, 6.07) is 9.61. The van der Waals surface area contributed by atoms with E-state index >= 15 is 0 Å². The quantitative estimate of drug-likeness (QED) is 0.218. The highest BCUT2D eigenvalue weighted by atomic mass is 16.5. The molecule has 0 bridgehead atoms. The minimum absolute atomic E-state index is 0.0929. The maximum absolute atomic E-state index is 12.6. The first kappa shape index (κ1) is 27.6. The Morgan fingerprint density at radius 3 is 2.60 bits per heavy atom. The van der Waals surface area contributed by atoms with E-state index in [1.807, 2.05) is 36.5 Å². The molecule has 208 valence electrons. The first-order valence-electron chi connectivity index (χ1n) is 14.1. The van der Waals surface area contributed by atoms with Crippen LogP contribution in [0, 0.1) is 11.8 Å². The first-order chi connectivity index (χ1) is 19.3. The fourth-order valence-corrected chi connectivity index (χ4v) is 4.77. The van der Waals surface area contributed by atoms with Crippen LogP contribution in [-0.4, -0.2) is 56.7 Å². The Kier molecular flexibility index (Phi) is 8.61. The van der Waals surface area contributed by atoms with E-state index in [0.29, 0.717) is 30.1 Å². The van der Waals surface area contributed by atoms with Crippen molar-refractivity contribution in [2.75, 3.05) is 26.2 Å². The third kappa shape index (κ3) is 7.36. The molecule has 0 saturated carbocycles. The average Bonchev–Trinajstić information content (AvgIpc) is 3.58. The molecule has 1 aromatic carbocycles. The zero-order valence-electron chi connectivity index (χ0n) is 23.7. The summed E-state index contributed by atoms with van der Waals surface area (Å²) in [7, 11) is 0. The second-order valence-corrected chi connectivity index (χ2v) is 11.5. The minimum atomic E-state index is -0.131. The van der Waals surface area contributed by atoms with Gasteiger partial charge in [-0.3, -0.25) is 4.79 Å². The van der Waals surface area contributed by atoms with Crippen molar-refractivity contribution in [1.82, 2.24) is 24.7 Å². The summed E-state index contributed by atoms with van der Waals surface area (Å²) < 4.78 is 13.0. The Bertz CT molecular complexity index is 1500. The first-order valence-corrected chi connectivity index (χ1v) is 14.1. The molecule has 0 amide bonds. The van der Waals surface area contributed by atoms with E-state index < -0.39 is 0 Å². The molecule has 0 spiro atoms. The van der Waals surface area contributed by atoms with Gasteiger partial charge in [-0.1, -0.05) is 56.3 Å². The summed E-state index contributed by atoms with van der Waals surface area (Å²) in [4.78, 5) is 19.6. The Hall–Kier alpha value is -3.96. The van der Waals surface area contributed by atoms with Gasteiger partial charge in [0.25, 0.3) is 0 Å². The molecule has 4 heterocycles. The molecule has 8 heteroatoms. The molecule has 0 aliphatic carbocycles. The molecule has 4 aromatic rings. The van der Waals surface area contributed by atoms with Gasteiger partial charge in [0, 0.05) is 30.0 Å². The van der Waals surface area contributed by atoms with Gasteiger partial charge in [-0.2, -0.15) is 5.10 Å². The monoisotopic (exact) mass is 539 g/mol. The molecule has 0 unspecified atom stereocenters. The van der Waals surface area contributed by atoms with Crippen LogP contribution < -0.4 is 4.74 Å². The van der Waals surface area contributed by atoms with Gasteiger partial charge in [0.1, 0.15) is 11.5 Å². The third-order valence-electron chi connectivity index (χ3n) is 7.04. The molecule has 8 nitrogen and oxygen atoms in total. The normalized spacial score (nSPS) is 14.2. The molecule has 40 heavy (non-hydrogen) atoms. The molecule has 0 radical (unpaired) electrons. The van der Waals surface area contributed by atoms with Crippen molar-refractivity contribution in [3.05, 3.63) is 77.1 Å². The van der Waals surface area contributed by atoms with Crippen molar-refractivity contribution >= 4 is 11.4 Å². The summed E-state index contributed by atoms with van der Waals surface area (Å²) in [6.07, 6.45) is 10.9. The average molecular weight is 540 g/mol. The predicted octanol–water partition coefficient (Wildman–Crippen LogP) is 5.02. The number of rotatable bonds is 9. The van der Waals surface area contributed by atoms with Crippen molar-refractivity contribution in [2.24, 2.45) is 0 Å². The SMILES string of the molecule is CC(C)(C)c1cc(CC(=O)Cc2ccc(C#Cc3cnn4cc(OCCCN5CCCCC5)cnc34)cc2)no1. The molecular weight excluding hydrogens is 502 g/mol. The lowest BCUT2D eigenvalue weighted by Gasteiger charge is -2.26. The maximum atomic E-state index is 12.6. The summed E-state index contributed by atoms with van der Waals surface area (Å²) in [5.41, 5.74) is 3.78. The van der Waals surface area contributed by atoms with Gasteiger partial charge < -0.3 is 14.2 Å². The predicted molar refractivity (Wildman–Crippen MR) is 153 cm³/mol. The number of benzene rings is 1. The topological polar surface area (TPSA) is 85.8 Å². The van der Waals surface area contributed by atoms with E-state index in [2.05, 4.69) is 52.8 Å². The third-order valence-corrected chi connectivity index (χ3v) is 7.04. The van der Waals surface area contributed by atoms with E-state index in [-0.39, 0.29) is 17.6 Å². The standard InChI is InChI=1S/C32H37N5O3/c1-32(2,3)30-20-27(35-40-30)19-28(38)18-25-10-8-24(9-11-25)12-13-26-21-34-37-23-29(22-33-31(26)37)39-17-7-16-36-14-5-4-6-15-36/h8-11,20-23H,4-7,14-19H2,1-3H3. The number of ether oxygens (including phenoxy) is 1. The highest BCUT2D eigenvalue weighted by molar-refractivity contribution is 5.82. The Balaban J connectivity index is 1.13. The lowest BCUT2D eigenvalue weighted by molar-refractivity contribution is -0.117. The van der Waals surface area contributed by atoms with Crippen LogP contribution in [0.1, 0.15) is 74.6 Å². The Labute approximate surface area is 235 Å². The van der Waals surface area contributed by atoms with Gasteiger partial charge in [0.15, 0.2) is 11.4 Å². The number of ketones is 1. The second kappa shape index (κ2) is 12.5. The van der Waals surface area contributed by atoms with Crippen molar-refractivity contribution in [2.45, 2.75) is 64.7 Å². The molecule has 5 rings (SSSR count). The number of carbonyl (C=O) groups excluding carboxylic acids is 1. The number of likely N-dealkylation sites (tertiary alicyclic amines) is 1. The number of hydrogen-bond donors (Lipinski definition) is 0. The summed E-state index contributed by atoms with van der Waals surface area (Å²) in [5, 5.41) is 8.45.